The van der Waals surface area contributed by atoms with E-state index in [1.54, 1.807) is 0 Å². The smallest absolute Gasteiger partial charge is 0.290 e. The van der Waals surface area contributed by atoms with Crippen molar-refractivity contribution >= 4 is 18.3 Å². The zero-order chi connectivity index (χ0) is 27.1. The van der Waals surface area contributed by atoms with Gasteiger partial charge in [0, 0.05) is 13.1 Å². The van der Waals surface area contributed by atoms with Gasteiger partial charge in [-0.3, -0.25) is 14.4 Å². The molecule has 1 heterocycles. The fraction of sp³-hybridized carbons (Fsp3) is 0.633. The SMILES string of the molecule is CC(C)Oc1ccc(CNC(=O)[C@H]2[C@H](C(=O)NCCCCN3CCCC3)[C@H]3C=C[C@@H]2C32CC2)cc1.O=CO. The Bertz CT molecular complexity index is 982. The molecule has 0 aromatic heterocycles. The van der Waals surface area contributed by atoms with Crippen molar-refractivity contribution in [1.29, 1.82) is 0 Å². The molecule has 3 N–H and O–H groups in total. The third-order valence-electron chi connectivity index (χ3n) is 8.61. The number of amides is 2. The first kappa shape index (κ1) is 28.1. The Morgan fingerprint density at radius 1 is 1.03 bits per heavy atom. The Morgan fingerprint density at radius 2 is 1.61 bits per heavy atom. The molecule has 0 unspecified atom stereocenters. The van der Waals surface area contributed by atoms with Crippen molar-refractivity contribution in [3.05, 3.63) is 42.0 Å². The molecule has 5 rings (SSSR count). The molecule has 4 aliphatic rings. The molecular weight excluding hydrogens is 482 g/mol. The third kappa shape index (κ3) is 6.40. The number of allylic oxidation sites excluding steroid dienone is 2. The van der Waals surface area contributed by atoms with Crippen molar-refractivity contribution in [2.45, 2.75) is 65.0 Å². The topological polar surface area (TPSA) is 108 Å². The summed E-state index contributed by atoms with van der Waals surface area (Å²) < 4.78 is 5.71. The average Bonchev–Trinajstić information content (AvgIpc) is 3.25. The summed E-state index contributed by atoms with van der Waals surface area (Å²) in [6, 6.07) is 7.88. The van der Waals surface area contributed by atoms with Crippen molar-refractivity contribution in [2.24, 2.45) is 29.1 Å². The van der Waals surface area contributed by atoms with Gasteiger partial charge < -0.3 is 25.4 Å². The van der Waals surface area contributed by atoms with Crippen LogP contribution < -0.4 is 15.4 Å². The van der Waals surface area contributed by atoms with Crippen molar-refractivity contribution < 1.29 is 24.2 Å². The fourth-order valence-corrected chi connectivity index (χ4v) is 6.77. The van der Waals surface area contributed by atoms with Crippen LogP contribution in [0.5, 0.6) is 5.75 Å². The second-order valence-corrected chi connectivity index (χ2v) is 11.4. The van der Waals surface area contributed by atoms with Gasteiger partial charge in [0.2, 0.25) is 11.8 Å². The highest BCUT2D eigenvalue weighted by Gasteiger charge is 2.69. The number of carbonyl (C=O) groups is 3. The van der Waals surface area contributed by atoms with Crippen LogP contribution in [-0.4, -0.2) is 60.6 Å². The predicted octanol–water partition coefficient (Wildman–Crippen LogP) is 3.61. The van der Waals surface area contributed by atoms with Crippen LogP contribution >= 0.6 is 0 Å². The summed E-state index contributed by atoms with van der Waals surface area (Å²) in [6.07, 6.45) is 11.6. The molecular formula is C30H43N3O5. The number of hydrogen-bond donors (Lipinski definition) is 3. The van der Waals surface area contributed by atoms with Gasteiger partial charge in [0.05, 0.1) is 17.9 Å². The molecule has 1 aromatic rings. The summed E-state index contributed by atoms with van der Waals surface area (Å²) in [5.74, 6) is 0.824. The van der Waals surface area contributed by atoms with E-state index < -0.39 is 0 Å². The van der Waals surface area contributed by atoms with Gasteiger partial charge in [-0.25, -0.2) is 0 Å². The van der Waals surface area contributed by atoms with E-state index in [0.717, 1.165) is 43.5 Å². The maximum absolute atomic E-state index is 13.4. The number of nitrogens with one attached hydrogen (secondary N) is 2. The Balaban J connectivity index is 0.00000107. The van der Waals surface area contributed by atoms with Gasteiger partial charge in [-0.2, -0.15) is 0 Å². The van der Waals surface area contributed by atoms with Gasteiger partial charge in [0.25, 0.3) is 6.47 Å². The monoisotopic (exact) mass is 525 g/mol. The first-order chi connectivity index (χ1) is 18.4. The minimum atomic E-state index is -0.263. The van der Waals surface area contributed by atoms with E-state index in [-0.39, 0.29) is 53.5 Å². The molecule has 0 radical (unpaired) electrons. The molecule has 3 fully saturated rings. The van der Waals surface area contributed by atoms with Gasteiger partial charge in [-0.1, -0.05) is 24.3 Å². The predicted molar refractivity (Wildman–Crippen MR) is 145 cm³/mol. The lowest BCUT2D eigenvalue weighted by Crippen LogP contribution is -2.44. The van der Waals surface area contributed by atoms with Gasteiger partial charge in [-0.15, -0.1) is 0 Å². The molecule has 2 saturated carbocycles. The number of unbranched alkanes of at least 4 members (excludes halogenated alkanes) is 1. The molecule has 2 bridgehead atoms. The van der Waals surface area contributed by atoms with Gasteiger partial charge in [0.15, 0.2) is 0 Å². The fourth-order valence-electron chi connectivity index (χ4n) is 6.77. The van der Waals surface area contributed by atoms with Crippen LogP contribution in [0.15, 0.2) is 36.4 Å². The van der Waals surface area contributed by atoms with Crippen molar-refractivity contribution in [1.82, 2.24) is 15.5 Å². The van der Waals surface area contributed by atoms with E-state index >= 15 is 0 Å². The number of likely N-dealkylation sites (tertiary alicyclic amines) is 1. The first-order valence-electron chi connectivity index (χ1n) is 14.2. The van der Waals surface area contributed by atoms with E-state index in [1.165, 1.54) is 25.9 Å². The van der Waals surface area contributed by atoms with Gasteiger partial charge in [-0.05, 0) is 107 Å². The number of carboxylic acid groups (broad SMARTS) is 1. The average molecular weight is 526 g/mol. The Labute approximate surface area is 226 Å². The van der Waals surface area contributed by atoms with Crippen LogP contribution in [0.4, 0.5) is 0 Å². The number of nitrogens with zero attached hydrogens (tertiary/aromatic N) is 1. The normalized spacial score (nSPS) is 26.2. The second kappa shape index (κ2) is 12.8. The molecule has 4 atom stereocenters. The van der Waals surface area contributed by atoms with E-state index in [1.807, 2.05) is 38.1 Å². The summed E-state index contributed by atoms with van der Waals surface area (Å²) in [5, 5.41) is 13.2. The number of hydrogen-bond acceptors (Lipinski definition) is 5. The highest BCUT2D eigenvalue weighted by atomic mass is 16.5. The summed E-state index contributed by atoms with van der Waals surface area (Å²) in [7, 11) is 0. The van der Waals surface area contributed by atoms with E-state index in [9.17, 15) is 9.59 Å². The van der Waals surface area contributed by atoms with E-state index in [0.29, 0.717) is 13.1 Å². The molecule has 8 nitrogen and oxygen atoms in total. The lowest BCUT2D eigenvalue weighted by molar-refractivity contribution is -0.135. The molecule has 1 aliphatic heterocycles. The lowest BCUT2D eigenvalue weighted by Gasteiger charge is -2.26. The Kier molecular flexibility index (Phi) is 9.47. The van der Waals surface area contributed by atoms with Crippen LogP contribution in [0, 0.1) is 29.1 Å². The van der Waals surface area contributed by atoms with Gasteiger partial charge >= 0.3 is 0 Å². The van der Waals surface area contributed by atoms with Crippen LogP contribution in [0.2, 0.25) is 0 Å². The zero-order valence-electron chi connectivity index (χ0n) is 22.7. The van der Waals surface area contributed by atoms with Crippen molar-refractivity contribution in [3.63, 3.8) is 0 Å². The first-order valence-corrected chi connectivity index (χ1v) is 14.2. The maximum atomic E-state index is 13.4. The third-order valence-corrected chi connectivity index (χ3v) is 8.61. The number of ether oxygens (including phenoxy) is 1. The zero-order valence-corrected chi connectivity index (χ0v) is 22.7. The standard InChI is InChI=1S/C29H41N3O3.CH2O2/c1-20(2)35-22-9-7-21(8-10-22)19-31-28(34)26-24-12-11-23(29(24)13-14-29)25(26)27(33)30-15-3-4-16-32-17-5-6-18-32;2-1-3/h7-12,20,23-26H,3-6,13-19H2,1-2H3,(H,30,33)(H,31,34);1H,(H,2,3)/t23-,24+,25-,26-;/m1./s1. The number of rotatable bonds is 11. The largest absolute Gasteiger partial charge is 0.491 e. The van der Waals surface area contributed by atoms with E-state index in [2.05, 4.69) is 27.7 Å². The van der Waals surface area contributed by atoms with Crippen molar-refractivity contribution in [2.75, 3.05) is 26.2 Å². The summed E-state index contributed by atoms with van der Waals surface area (Å²) in [5.41, 5.74) is 1.20. The molecule has 1 spiro atoms. The Morgan fingerprint density at radius 3 is 2.16 bits per heavy atom. The van der Waals surface area contributed by atoms with Crippen LogP contribution in [0.25, 0.3) is 0 Å². The van der Waals surface area contributed by atoms with E-state index in [4.69, 9.17) is 14.6 Å². The number of benzene rings is 1. The molecule has 3 aliphatic carbocycles. The van der Waals surface area contributed by atoms with Crippen LogP contribution in [-0.2, 0) is 20.9 Å². The Hall–Kier alpha value is -2.87. The van der Waals surface area contributed by atoms with Crippen LogP contribution in [0.1, 0.15) is 57.9 Å². The minimum Gasteiger partial charge on any atom is -0.491 e. The van der Waals surface area contributed by atoms with Crippen LogP contribution in [0.3, 0.4) is 0 Å². The lowest BCUT2D eigenvalue weighted by atomic mass is 9.81. The summed E-state index contributed by atoms with van der Waals surface area (Å²) in [4.78, 5) is 37.6. The molecule has 1 aromatic carbocycles. The molecule has 2 amide bonds. The highest BCUT2D eigenvalue weighted by Crippen LogP contribution is 2.72. The van der Waals surface area contributed by atoms with Crippen molar-refractivity contribution in [3.8, 4) is 5.75 Å². The minimum absolute atomic E-state index is 0.0183. The summed E-state index contributed by atoms with van der Waals surface area (Å²) in [6.45, 7) is 8.51. The van der Waals surface area contributed by atoms with Gasteiger partial charge in [0.1, 0.15) is 5.75 Å². The summed E-state index contributed by atoms with van der Waals surface area (Å²) >= 11 is 0. The molecule has 8 heteroatoms. The molecule has 208 valence electrons. The number of carbonyl (C=O) groups excluding carboxylic acids is 2. The molecule has 1 saturated heterocycles. The second-order valence-electron chi connectivity index (χ2n) is 11.4. The maximum Gasteiger partial charge on any atom is 0.290 e. The highest BCUT2D eigenvalue weighted by molar-refractivity contribution is 5.90. The molecule has 38 heavy (non-hydrogen) atoms. The quantitative estimate of drug-likeness (QED) is 0.231.